The monoisotopic (exact) mass is 444 g/mol. The van der Waals surface area contributed by atoms with Crippen LogP contribution in [0.3, 0.4) is 0 Å². The molecule has 0 aliphatic heterocycles. The van der Waals surface area contributed by atoms with E-state index in [0.717, 1.165) is 33.8 Å². The summed E-state index contributed by atoms with van der Waals surface area (Å²) in [6.45, 7) is 1.95. The highest BCUT2D eigenvalue weighted by Crippen LogP contribution is 2.35. The third kappa shape index (κ3) is 5.23. The topological polar surface area (TPSA) is 53.3 Å². The highest BCUT2D eigenvalue weighted by Gasteiger charge is 2.12. The maximum absolute atomic E-state index is 11.8. The number of nitrogens with zero attached hydrogens (tertiary/aromatic N) is 2. The lowest BCUT2D eigenvalue weighted by atomic mass is 10.0. The highest BCUT2D eigenvalue weighted by atomic mass is 16.5. The Morgan fingerprint density at radius 3 is 1.71 bits per heavy atom. The zero-order valence-corrected chi connectivity index (χ0v) is 18.9. The minimum atomic E-state index is -0.606. The second-order valence-corrected chi connectivity index (χ2v) is 7.57. The van der Waals surface area contributed by atoms with Gasteiger partial charge in [0.1, 0.15) is 11.6 Å². The van der Waals surface area contributed by atoms with Crippen molar-refractivity contribution in [3.8, 4) is 17.2 Å². The van der Waals surface area contributed by atoms with E-state index in [1.165, 1.54) is 0 Å². The van der Waals surface area contributed by atoms with Crippen molar-refractivity contribution < 1.29 is 9.53 Å². The molecule has 4 aromatic carbocycles. The van der Waals surface area contributed by atoms with Crippen molar-refractivity contribution in [1.82, 2.24) is 0 Å². The first-order chi connectivity index (χ1) is 16.7. The Labute approximate surface area is 200 Å². The molecule has 34 heavy (non-hydrogen) atoms. The fourth-order valence-corrected chi connectivity index (χ4v) is 3.69. The minimum absolute atomic E-state index is 0.0131. The Morgan fingerprint density at radius 2 is 1.24 bits per heavy atom. The van der Waals surface area contributed by atoms with Crippen LogP contribution in [0, 0.1) is 11.3 Å². The Hall–Kier alpha value is -4.62. The lowest BCUT2D eigenvalue weighted by Crippen LogP contribution is -2.09. The normalized spacial score (nSPS) is 10.9. The van der Waals surface area contributed by atoms with Gasteiger partial charge in [-0.25, -0.2) is 4.79 Å². The molecule has 0 aliphatic carbocycles. The lowest BCUT2D eigenvalue weighted by molar-refractivity contribution is -0.137. The van der Waals surface area contributed by atoms with Crippen molar-refractivity contribution in [1.29, 1.82) is 5.26 Å². The number of esters is 1. The SMILES string of the molecule is CCOC(=O)/C(C#N)=C/c1ccc(-c2ccc(N(c3ccccc3)c3ccccc3)cc2)cc1. The largest absolute Gasteiger partial charge is 0.462 e. The van der Waals surface area contributed by atoms with E-state index in [4.69, 9.17) is 4.74 Å². The first kappa shape index (κ1) is 22.6. The number of carbonyl (C=O) groups is 1. The summed E-state index contributed by atoms with van der Waals surface area (Å²) in [5.74, 6) is -0.606. The van der Waals surface area contributed by atoms with Crippen molar-refractivity contribution in [2.45, 2.75) is 6.92 Å². The molecule has 0 amide bonds. The standard InChI is InChI=1S/C30H24N2O2/c1-2-34-30(33)26(22-31)21-23-13-15-24(16-14-23)25-17-19-29(20-18-25)32(27-9-5-3-6-10-27)28-11-7-4-8-12-28/h3-21H,2H2,1H3/b26-21+. The van der Waals surface area contributed by atoms with E-state index in [9.17, 15) is 10.1 Å². The Balaban J connectivity index is 1.60. The van der Waals surface area contributed by atoms with Crippen LogP contribution >= 0.6 is 0 Å². The van der Waals surface area contributed by atoms with E-state index in [2.05, 4.69) is 53.4 Å². The van der Waals surface area contributed by atoms with Crippen LogP contribution in [-0.4, -0.2) is 12.6 Å². The van der Waals surface area contributed by atoms with E-state index in [1.54, 1.807) is 13.0 Å². The molecule has 0 bridgehead atoms. The van der Waals surface area contributed by atoms with E-state index in [-0.39, 0.29) is 12.2 Å². The molecular formula is C30H24N2O2. The van der Waals surface area contributed by atoms with Gasteiger partial charge in [0, 0.05) is 17.1 Å². The molecule has 0 aliphatic rings. The number of ether oxygens (including phenoxy) is 1. The molecule has 0 atom stereocenters. The molecule has 4 nitrogen and oxygen atoms in total. The van der Waals surface area contributed by atoms with Gasteiger partial charge in [0.15, 0.2) is 0 Å². The quantitative estimate of drug-likeness (QED) is 0.171. The average molecular weight is 445 g/mol. The van der Waals surface area contributed by atoms with Gasteiger partial charge in [-0.1, -0.05) is 72.8 Å². The summed E-state index contributed by atoms with van der Waals surface area (Å²) in [5.41, 5.74) is 6.12. The molecule has 0 radical (unpaired) electrons. The van der Waals surface area contributed by atoms with Crippen molar-refractivity contribution in [2.75, 3.05) is 11.5 Å². The summed E-state index contributed by atoms with van der Waals surface area (Å²) >= 11 is 0. The summed E-state index contributed by atoms with van der Waals surface area (Å²) in [5, 5.41) is 9.23. The number of hydrogen-bond acceptors (Lipinski definition) is 4. The van der Waals surface area contributed by atoms with Crippen LogP contribution in [0.5, 0.6) is 0 Å². The summed E-state index contributed by atoms with van der Waals surface area (Å²) in [4.78, 5) is 14.1. The molecule has 0 aromatic heterocycles. The van der Waals surface area contributed by atoms with Crippen LogP contribution in [0.2, 0.25) is 0 Å². The number of rotatable bonds is 7. The second kappa shape index (κ2) is 10.8. The minimum Gasteiger partial charge on any atom is -0.462 e. The van der Waals surface area contributed by atoms with E-state index >= 15 is 0 Å². The molecule has 0 spiro atoms. The third-order valence-electron chi connectivity index (χ3n) is 5.33. The van der Waals surface area contributed by atoms with Gasteiger partial charge in [0.25, 0.3) is 0 Å². The van der Waals surface area contributed by atoms with Crippen molar-refractivity contribution in [3.63, 3.8) is 0 Å². The molecule has 0 unspecified atom stereocenters. The lowest BCUT2D eigenvalue weighted by Gasteiger charge is -2.25. The van der Waals surface area contributed by atoms with Gasteiger partial charge in [0.05, 0.1) is 6.61 Å². The number of carbonyl (C=O) groups excluding carboxylic acids is 1. The molecule has 0 saturated heterocycles. The number of para-hydroxylation sites is 2. The predicted molar refractivity (Wildman–Crippen MR) is 137 cm³/mol. The fraction of sp³-hybridized carbons (Fsp3) is 0.0667. The number of benzene rings is 4. The van der Waals surface area contributed by atoms with Gasteiger partial charge in [0.2, 0.25) is 0 Å². The highest BCUT2D eigenvalue weighted by molar-refractivity contribution is 5.98. The van der Waals surface area contributed by atoms with Crippen LogP contribution < -0.4 is 4.90 Å². The Kier molecular flexibility index (Phi) is 7.17. The smallest absolute Gasteiger partial charge is 0.348 e. The van der Waals surface area contributed by atoms with Crippen LogP contribution in [-0.2, 0) is 9.53 Å². The average Bonchev–Trinajstić information content (AvgIpc) is 2.90. The Morgan fingerprint density at radius 1 is 0.765 bits per heavy atom. The molecule has 0 heterocycles. The zero-order chi connectivity index (χ0) is 23.8. The number of anilines is 3. The molecule has 0 N–H and O–H groups in total. The number of nitriles is 1. The van der Waals surface area contributed by atoms with Crippen molar-refractivity contribution >= 4 is 29.1 Å². The fourth-order valence-electron chi connectivity index (χ4n) is 3.69. The predicted octanol–water partition coefficient (Wildman–Crippen LogP) is 7.29. The maximum Gasteiger partial charge on any atom is 0.348 e. The van der Waals surface area contributed by atoms with Gasteiger partial charge >= 0.3 is 5.97 Å². The van der Waals surface area contributed by atoms with Gasteiger partial charge in [-0.15, -0.1) is 0 Å². The Bertz CT molecular complexity index is 1270. The third-order valence-corrected chi connectivity index (χ3v) is 5.33. The van der Waals surface area contributed by atoms with Gasteiger partial charge in [-0.05, 0) is 66.1 Å². The maximum atomic E-state index is 11.8. The first-order valence-electron chi connectivity index (χ1n) is 11.1. The van der Waals surface area contributed by atoms with Crippen LogP contribution in [0.25, 0.3) is 17.2 Å². The van der Waals surface area contributed by atoms with Gasteiger partial charge < -0.3 is 9.64 Å². The number of hydrogen-bond donors (Lipinski definition) is 0. The van der Waals surface area contributed by atoms with E-state index in [0.29, 0.717) is 0 Å². The molecule has 0 saturated carbocycles. The van der Waals surface area contributed by atoms with Gasteiger partial charge in [-0.2, -0.15) is 5.26 Å². The van der Waals surface area contributed by atoms with Crippen LogP contribution in [0.15, 0.2) is 115 Å². The molecule has 4 rings (SSSR count). The van der Waals surface area contributed by atoms with Crippen molar-refractivity contribution in [3.05, 3.63) is 120 Å². The van der Waals surface area contributed by atoms with E-state index < -0.39 is 5.97 Å². The molecule has 0 fully saturated rings. The van der Waals surface area contributed by atoms with Crippen LogP contribution in [0.1, 0.15) is 12.5 Å². The van der Waals surface area contributed by atoms with E-state index in [1.807, 2.05) is 66.7 Å². The molecular weight excluding hydrogens is 420 g/mol. The summed E-state index contributed by atoms with van der Waals surface area (Å²) in [7, 11) is 0. The zero-order valence-electron chi connectivity index (χ0n) is 18.9. The molecule has 4 aromatic rings. The second-order valence-electron chi connectivity index (χ2n) is 7.57. The summed E-state index contributed by atoms with van der Waals surface area (Å²) in [6.07, 6.45) is 1.54. The summed E-state index contributed by atoms with van der Waals surface area (Å²) < 4.78 is 4.92. The van der Waals surface area contributed by atoms with Crippen LogP contribution in [0.4, 0.5) is 17.1 Å². The van der Waals surface area contributed by atoms with Gasteiger partial charge in [-0.3, -0.25) is 0 Å². The molecule has 4 heteroatoms. The molecule has 166 valence electrons. The summed E-state index contributed by atoms with van der Waals surface area (Å²) in [6, 6.07) is 38.6. The van der Waals surface area contributed by atoms with Crippen molar-refractivity contribution in [2.24, 2.45) is 0 Å². The first-order valence-corrected chi connectivity index (χ1v) is 11.1.